The van der Waals surface area contributed by atoms with Crippen LogP contribution in [-0.4, -0.2) is 31.0 Å². The molecule has 0 saturated carbocycles. The third kappa shape index (κ3) is 5.11. The van der Waals surface area contributed by atoms with Gasteiger partial charge in [0.25, 0.3) is 5.69 Å². The number of halogens is 1. The summed E-state index contributed by atoms with van der Waals surface area (Å²) >= 11 is 0. The van der Waals surface area contributed by atoms with Crippen LogP contribution in [0.2, 0.25) is 0 Å². The highest BCUT2D eigenvalue weighted by atomic mass is 35.5. The summed E-state index contributed by atoms with van der Waals surface area (Å²) in [6.45, 7) is 0.641. The highest BCUT2D eigenvalue weighted by molar-refractivity contribution is 5.85. The van der Waals surface area contributed by atoms with Gasteiger partial charge in [0.05, 0.1) is 11.5 Å². The van der Waals surface area contributed by atoms with Gasteiger partial charge in [-0.05, 0) is 13.5 Å². The average Bonchev–Trinajstić information content (AvgIpc) is 2.30. The molecule has 0 fully saturated rings. The molecule has 0 aliphatic rings. The van der Waals surface area contributed by atoms with E-state index >= 15 is 0 Å². The van der Waals surface area contributed by atoms with Crippen molar-refractivity contribution in [2.24, 2.45) is 0 Å². The molecule has 2 N–H and O–H groups in total. The fourth-order valence-corrected chi connectivity index (χ4v) is 1.46. The van der Waals surface area contributed by atoms with Crippen molar-refractivity contribution in [1.82, 2.24) is 10.6 Å². The van der Waals surface area contributed by atoms with Gasteiger partial charge in [-0.2, -0.15) is 0 Å². The van der Waals surface area contributed by atoms with E-state index in [9.17, 15) is 14.9 Å². The number of nitrogens with one attached hydrogen (secondary N) is 2. The monoisotopic (exact) mass is 273 g/mol. The first-order valence-electron chi connectivity index (χ1n) is 5.28. The first kappa shape index (κ1) is 16.3. The highest BCUT2D eigenvalue weighted by Crippen LogP contribution is 2.17. The molecule has 0 heterocycles. The molecule has 0 unspecified atom stereocenters. The standard InChI is InChI=1S/C11H15N3O3.ClH/c1-12-8-11(15)13-7-6-9-4-2-3-5-10(9)14(16)17;/h2-5,12H,6-8H2,1H3,(H,13,15);1H. The normalized spacial score (nSPS) is 9.39. The van der Waals surface area contributed by atoms with E-state index in [4.69, 9.17) is 0 Å². The summed E-state index contributed by atoms with van der Waals surface area (Å²) in [5.74, 6) is -0.119. The van der Waals surface area contributed by atoms with Crippen LogP contribution in [0.4, 0.5) is 5.69 Å². The molecule has 0 aliphatic heterocycles. The lowest BCUT2D eigenvalue weighted by atomic mass is 10.1. The van der Waals surface area contributed by atoms with Crippen molar-refractivity contribution in [3.8, 4) is 0 Å². The van der Waals surface area contributed by atoms with Gasteiger partial charge in [-0.25, -0.2) is 0 Å². The third-order valence-electron chi connectivity index (χ3n) is 2.24. The summed E-state index contributed by atoms with van der Waals surface area (Å²) in [5, 5.41) is 16.1. The Bertz CT molecular complexity index is 412. The zero-order chi connectivity index (χ0) is 12.7. The molecule has 18 heavy (non-hydrogen) atoms. The van der Waals surface area contributed by atoms with E-state index in [0.717, 1.165) is 0 Å². The molecule has 1 rings (SSSR count). The summed E-state index contributed by atoms with van der Waals surface area (Å²) in [6, 6.07) is 6.53. The van der Waals surface area contributed by atoms with Crippen molar-refractivity contribution in [3.63, 3.8) is 0 Å². The van der Waals surface area contributed by atoms with Gasteiger partial charge in [-0.15, -0.1) is 12.4 Å². The number of nitrogens with zero attached hydrogens (tertiary/aromatic N) is 1. The Morgan fingerprint density at radius 1 is 1.39 bits per heavy atom. The number of amides is 1. The van der Waals surface area contributed by atoms with Crippen LogP contribution in [0.5, 0.6) is 0 Å². The minimum absolute atomic E-state index is 0. The molecule has 0 atom stereocenters. The number of para-hydroxylation sites is 1. The van der Waals surface area contributed by atoms with Crippen molar-refractivity contribution in [2.75, 3.05) is 20.1 Å². The Hall–Kier alpha value is -1.66. The second-order valence-corrected chi connectivity index (χ2v) is 3.52. The molecule has 100 valence electrons. The predicted octanol–water partition coefficient (Wildman–Crippen LogP) is 0.895. The van der Waals surface area contributed by atoms with E-state index in [1.807, 2.05) is 0 Å². The highest BCUT2D eigenvalue weighted by Gasteiger charge is 2.11. The number of benzene rings is 1. The molecule has 1 amide bonds. The molecule has 0 radical (unpaired) electrons. The fourth-order valence-electron chi connectivity index (χ4n) is 1.46. The van der Waals surface area contributed by atoms with Crippen molar-refractivity contribution in [3.05, 3.63) is 39.9 Å². The van der Waals surface area contributed by atoms with E-state index in [0.29, 0.717) is 18.5 Å². The zero-order valence-corrected chi connectivity index (χ0v) is 10.8. The molecule has 1 aromatic carbocycles. The molecule has 1 aromatic rings. The number of carbonyl (C=O) groups is 1. The van der Waals surface area contributed by atoms with Crippen molar-refractivity contribution in [2.45, 2.75) is 6.42 Å². The van der Waals surface area contributed by atoms with Gasteiger partial charge in [0.15, 0.2) is 0 Å². The molecular formula is C11H16ClN3O3. The SMILES string of the molecule is CNCC(=O)NCCc1ccccc1[N+](=O)[O-].Cl. The predicted molar refractivity (Wildman–Crippen MR) is 71.0 cm³/mol. The number of hydrogen-bond donors (Lipinski definition) is 2. The van der Waals surface area contributed by atoms with Crippen LogP contribution in [0, 0.1) is 10.1 Å². The first-order chi connectivity index (χ1) is 8.15. The molecule has 0 spiro atoms. The largest absolute Gasteiger partial charge is 0.355 e. The van der Waals surface area contributed by atoms with E-state index in [1.54, 1.807) is 25.2 Å². The quantitative estimate of drug-likeness (QED) is 0.596. The van der Waals surface area contributed by atoms with Crippen molar-refractivity contribution in [1.29, 1.82) is 0 Å². The summed E-state index contributed by atoms with van der Waals surface area (Å²) in [7, 11) is 1.68. The molecule has 0 bridgehead atoms. The maximum atomic E-state index is 11.1. The van der Waals surface area contributed by atoms with Gasteiger partial charge in [0, 0.05) is 18.2 Å². The lowest BCUT2D eigenvalue weighted by molar-refractivity contribution is -0.385. The Morgan fingerprint density at radius 2 is 2.06 bits per heavy atom. The van der Waals surface area contributed by atoms with Gasteiger partial charge >= 0.3 is 0 Å². The van der Waals surface area contributed by atoms with Gasteiger partial charge in [-0.1, -0.05) is 18.2 Å². The number of rotatable bonds is 6. The van der Waals surface area contributed by atoms with E-state index in [1.165, 1.54) is 6.07 Å². The van der Waals surface area contributed by atoms with E-state index in [2.05, 4.69) is 10.6 Å². The van der Waals surface area contributed by atoms with Crippen LogP contribution >= 0.6 is 12.4 Å². The van der Waals surface area contributed by atoms with Gasteiger partial charge in [-0.3, -0.25) is 14.9 Å². The second-order valence-electron chi connectivity index (χ2n) is 3.52. The van der Waals surface area contributed by atoms with Gasteiger partial charge in [0.2, 0.25) is 5.91 Å². The molecule has 0 aromatic heterocycles. The van der Waals surface area contributed by atoms with Crippen LogP contribution < -0.4 is 10.6 Å². The maximum absolute atomic E-state index is 11.1. The lowest BCUT2D eigenvalue weighted by Gasteiger charge is -2.05. The maximum Gasteiger partial charge on any atom is 0.272 e. The number of carbonyl (C=O) groups excluding carboxylic acids is 1. The minimum atomic E-state index is -0.412. The molecule has 7 heteroatoms. The Kier molecular flexibility index (Phi) is 7.66. The van der Waals surface area contributed by atoms with Crippen molar-refractivity contribution >= 4 is 24.0 Å². The van der Waals surface area contributed by atoms with E-state index in [-0.39, 0.29) is 30.5 Å². The summed E-state index contributed by atoms with van der Waals surface area (Å²) in [6.07, 6.45) is 0.451. The summed E-state index contributed by atoms with van der Waals surface area (Å²) in [5.41, 5.74) is 0.720. The van der Waals surface area contributed by atoms with Crippen molar-refractivity contribution < 1.29 is 9.72 Å². The Labute approximate surface area is 111 Å². The first-order valence-corrected chi connectivity index (χ1v) is 5.28. The molecule has 6 nitrogen and oxygen atoms in total. The number of nitro benzene ring substituents is 1. The Morgan fingerprint density at radius 3 is 2.67 bits per heavy atom. The summed E-state index contributed by atoms with van der Waals surface area (Å²) < 4.78 is 0. The van der Waals surface area contributed by atoms with Crippen LogP contribution in [0.25, 0.3) is 0 Å². The second kappa shape index (κ2) is 8.43. The molecule has 0 aliphatic carbocycles. The Balaban J connectivity index is 0.00000289. The number of likely N-dealkylation sites (N-methyl/N-ethyl adjacent to an activating group) is 1. The van der Waals surface area contributed by atoms with Crippen LogP contribution in [-0.2, 0) is 11.2 Å². The number of hydrogen-bond acceptors (Lipinski definition) is 4. The average molecular weight is 274 g/mol. The number of nitro groups is 1. The van der Waals surface area contributed by atoms with Crippen LogP contribution in [0.15, 0.2) is 24.3 Å². The smallest absolute Gasteiger partial charge is 0.272 e. The zero-order valence-electron chi connectivity index (χ0n) is 10.0. The molecular weight excluding hydrogens is 258 g/mol. The van der Waals surface area contributed by atoms with E-state index < -0.39 is 4.92 Å². The third-order valence-corrected chi connectivity index (χ3v) is 2.24. The van der Waals surface area contributed by atoms with Gasteiger partial charge < -0.3 is 10.6 Å². The minimum Gasteiger partial charge on any atom is -0.355 e. The fraction of sp³-hybridized carbons (Fsp3) is 0.364. The van der Waals surface area contributed by atoms with Crippen LogP contribution in [0.1, 0.15) is 5.56 Å². The lowest BCUT2D eigenvalue weighted by Crippen LogP contribution is -2.33. The summed E-state index contributed by atoms with van der Waals surface area (Å²) in [4.78, 5) is 21.5. The van der Waals surface area contributed by atoms with Crippen LogP contribution in [0.3, 0.4) is 0 Å². The molecule has 0 saturated heterocycles. The van der Waals surface area contributed by atoms with Gasteiger partial charge in [0.1, 0.15) is 0 Å². The topological polar surface area (TPSA) is 84.3 Å².